The standard InChI is InChI=1S/C13H13ClN4S/c1-2-18-6-5-15-11(18)7-16-12-9(14)3-4-10-13(12)17-8-19-10/h3-6,8,16H,2,7H2,1H3. The second kappa shape index (κ2) is 5.19. The summed E-state index contributed by atoms with van der Waals surface area (Å²) in [6, 6.07) is 3.89. The van der Waals surface area contributed by atoms with Crippen LogP contribution in [0.4, 0.5) is 5.69 Å². The number of thiazole rings is 1. The van der Waals surface area contributed by atoms with E-state index in [-0.39, 0.29) is 0 Å². The van der Waals surface area contributed by atoms with Gasteiger partial charge in [0.1, 0.15) is 11.3 Å². The number of aromatic nitrogens is 3. The van der Waals surface area contributed by atoms with Crippen molar-refractivity contribution in [3.05, 3.63) is 40.9 Å². The summed E-state index contributed by atoms with van der Waals surface area (Å²) in [6.45, 7) is 3.64. The van der Waals surface area contributed by atoms with E-state index in [4.69, 9.17) is 11.6 Å². The summed E-state index contributed by atoms with van der Waals surface area (Å²) in [5, 5.41) is 4.04. The summed E-state index contributed by atoms with van der Waals surface area (Å²) in [6.07, 6.45) is 3.79. The minimum Gasteiger partial charge on any atom is -0.375 e. The lowest BCUT2D eigenvalue weighted by molar-refractivity contribution is 0.708. The number of nitrogens with zero attached hydrogens (tertiary/aromatic N) is 3. The maximum atomic E-state index is 6.25. The molecule has 19 heavy (non-hydrogen) atoms. The lowest BCUT2D eigenvalue weighted by atomic mass is 10.3. The molecule has 0 amide bonds. The number of hydrogen-bond acceptors (Lipinski definition) is 4. The Labute approximate surface area is 120 Å². The zero-order chi connectivity index (χ0) is 13.2. The Balaban J connectivity index is 1.89. The number of halogens is 1. The van der Waals surface area contributed by atoms with E-state index >= 15 is 0 Å². The topological polar surface area (TPSA) is 42.7 Å². The fourth-order valence-electron chi connectivity index (χ4n) is 2.04. The molecule has 4 nitrogen and oxygen atoms in total. The van der Waals surface area contributed by atoms with Crippen LogP contribution in [0, 0.1) is 0 Å². The average Bonchev–Trinajstić information content (AvgIpc) is 3.05. The summed E-state index contributed by atoms with van der Waals surface area (Å²) in [5.41, 5.74) is 3.64. The van der Waals surface area contributed by atoms with E-state index in [1.165, 1.54) is 0 Å². The normalized spacial score (nSPS) is 11.1. The second-order valence-electron chi connectivity index (χ2n) is 4.10. The van der Waals surface area contributed by atoms with Crippen LogP contribution < -0.4 is 5.32 Å². The maximum Gasteiger partial charge on any atom is 0.128 e. The number of nitrogens with one attached hydrogen (secondary N) is 1. The van der Waals surface area contributed by atoms with Gasteiger partial charge in [-0.2, -0.15) is 0 Å². The van der Waals surface area contributed by atoms with Crippen molar-refractivity contribution in [2.75, 3.05) is 5.32 Å². The van der Waals surface area contributed by atoms with Gasteiger partial charge >= 0.3 is 0 Å². The molecule has 0 radical (unpaired) electrons. The summed E-state index contributed by atoms with van der Waals surface area (Å²) < 4.78 is 3.23. The maximum absolute atomic E-state index is 6.25. The fourth-order valence-corrected chi connectivity index (χ4v) is 2.94. The zero-order valence-electron chi connectivity index (χ0n) is 10.4. The largest absolute Gasteiger partial charge is 0.375 e. The fraction of sp³-hybridized carbons (Fsp3) is 0.231. The van der Waals surface area contributed by atoms with Crippen LogP contribution in [0.1, 0.15) is 12.7 Å². The van der Waals surface area contributed by atoms with Gasteiger partial charge in [0.2, 0.25) is 0 Å². The summed E-state index contributed by atoms with van der Waals surface area (Å²) in [4.78, 5) is 8.71. The monoisotopic (exact) mass is 292 g/mol. The number of anilines is 1. The van der Waals surface area contributed by atoms with Crippen molar-refractivity contribution in [2.45, 2.75) is 20.0 Å². The smallest absolute Gasteiger partial charge is 0.128 e. The molecule has 0 atom stereocenters. The zero-order valence-corrected chi connectivity index (χ0v) is 12.0. The molecule has 0 spiro atoms. The SMILES string of the molecule is CCn1ccnc1CNc1c(Cl)ccc2scnc12. The third kappa shape index (κ3) is 2.31. The molecule has 3 rings (SSSR count). The summed E-state index contributed by atoms with van der Waals surface area (Å²) in [7, 11) is 0. The first kappa shape index (κ1) is 12.4. The lowest BCUT2D eigenvalue weighted by Gasteiger charge is -2.10. The van der Waals surface area contributed by atoms with Gasteiger partial charge in [-0.15, -0.1) is 11.3 Å². The first-order valence-corrected chi connectivity index (χ1v) is 7.31. The molecule has 0 fully saturated rings. The van der Waals surface area contributed by atoms with Crippen molar-refractivity contribution in [1.82, 2.24) is 14.5 Å². The molecule has 0 bridgehead atoms. The predicted octanol–water partition coefficient (Wildman–Crippen LogP) is 3.78. The molecule has 2 heterocycles. The molecule has 0 aliphatic rings. The first-order chi connectivity index (χ1) is 9.29. The van der Waals surface area contributed by atoms with Crippen LogP contribution in [0.2, 0.25) is 5.02 Å². The van der Waals surface area contributed by atoms with Crippen LogP contribution in [0.3, 0.4) is 0 Å². The molecule has 1 aromatic carbocycles. The van der Waals surface area contributed by atoms with Gasteiger partial charge in [-0.1, -0.05) is 11.6 Å². The number of benzene rings is 1. The van der Waals surface area contributed by atoms with Gasteiger partial charge in [-0.25, -0.2) is 9.97 Å². The van der Waals surface area contributed by atoms with Crippen LogP contribution in [-0.2, 0) is 13.1 Å². The van der Waals surface area contributed by atoms with Crippen LogP contribution in [0.5, 0.6) is 0 Å². The Bertz CT molecular complexity index is 704. The third-order valence-corrected chi connectivity index (χ3v) is 4.13. The third-order valence-electron chi connectivity index (χ3n) is 3.02. The highest BCUT2D eigenvalue weighted by molar-refractivity contribution is 7.16. The van der Waals surface area contributed by atoms with E-state index in [2.05, 4.69) is 26.8 Å². The Morgan fingerprint density at radius 2 is 2.26 bits per heavy atom. The van der Waals surface area contributed by atoms with E-state index in [1.807, 2.05) is 30.0 Å². The molecule has 1 N–H and O–H groups in total. The van der Waals surface area contributed by atoms with Crippen LogP contribution in [-0.4, -0.2) is 14.5 Å². The van der Waals surface area contributed by atoms with Crippen molar-refractivity contribution in [3.63, 3.8) is 0 Å². The van der Waals surface area contributed by atoms with Crippen molar-refractivity contribution >= 4 is 38.8 Å². The minimum atomic E-state index is 0.636. The molecule has 98 valence electrons. The lowest BCUT2D eigenvalue weighted by Crippen LogP contribution is -2.08. The number of fused-ring (bicyclic) bond motifs is 1. The molecule has 2 aromatic heterocycles. The Morgan fingerprint density at radius 3 is 3.11 bits per heavy atom. The number of aryl methyl sites for hydroxylation is 1. The average molecular weight is 293 g/mol. The van der Waals surface area contributed by atoms with E-state index in [9.17, 15) is 0 Å². The molecular weight excluding hydrogens is 280 g/mol. The van der Waals surface area contributed by atoms with Crippen molar-refractivity contribution < 1.29 is 0 Å². The van der Waals surface area contributed by atoms with Gasteiger partial charge in [-0.05, 0) is 19.1 Å². The van der Waals surface area contributed by atoms with E-state index < -0.39 is 0 Å². The van der Waals surface area contributed by atoms with Gasteiger partial charge in [0, 0.05) is 18.9 Å². The van der Waals surface area contributed by atoms with Gasteiger partial charge in [0.25, 0.3) is 0 Å². The van der Waals surface area contributed by atoms with E-state index in [0.29, 0.717) is 11.6 Å². The molecule has 0 saturated heterocycles. The van der Waals surface area contributed by atoms with Gasteiger partial charge in [0.05, 0.1) is 27.5 Å². The quantitative estimate of drug-likeness (QED) is 0.796. The molecule has 0 aliphatic carbocycles. The van der Waals surface area contributed by atoms with E-state index in [1.54, 1.807) is 11.3 Å². The Morgan fingerprint density at radius 1 is 1.37 bits per heavy atom. The highest BCUT2D eigenvalue weighted by Crippen LogP contribution is 2.32. The van der Waals surface area contributed by atoms with Crippen molar-refractivity contribution in [2.24, 2.45) is 0 Å². The second-order valence-corrected chi connectivity index (χ2v) is 5.40. The highest BCUT2D eigenvalue weighted by atomic mass is 35.5. The predicted molar refractivity (Wildman–Crippen MR) is 79.9 cm³/mol. The van der Waals surface area contributed by atoms with Gasteiger partial charge in [0.15, 0.2) is 0 Å². The summed E-state index contributed by atoms with van der Waals surface area (Å²) >= 11 is 7.86. The van der Waals surface area contributed by atoms with E-state index in [0.717, 1.165) is 28.3 Å². The van der Waals surface area contributed by atoms with Crippen LogP contribution in [0.25, 0.3) is 10.2 Å². The summed E-state index contributed by atoms with van der Waals surface area (Å²) in [5.74, 6) is 0.991. The molecule has 6 heteroatoms. The Kier molecular flexibility index (Phi) is 3.40. The number of imidazole rings is 1. The highest BCUT2D eigenvalue weighted by Gasteiger charge is 2.09. The molecular formula is C13H13ClN4S. The van der Waals surface area contributed by atoms with Crippen molar-refractivity contribution in [1.29, 1.82) is 0 Å². The van der Waals surface area contributed by atoms with Crippen molar-refractivity contribution in [3.8, 4) is 0 Å². The van der Waals surface area contributed by atoms with Gasteiger partial charge < -0.3 is 9.88 Å². The molecule has 0 saturated carbocycles. The first-order valence-electron chi connectivity index (χ1n) is 6.05. The molecule has 0 unspecified atom stereocenters. The Hall–Kier alpha value is -1.59. The van der Waals surface area contributed by atoms with Crippen LogP contribution >= 0.6 is 22.9 Å². The minimum absolute atomic E-state index is 0.636. The molecule has 3 aromatic rings. The number of hydrogen-bond donors (Lipinski definition) is 1. The molecule has 0 aliphatic heterocycles. The van der Waals surface area contributed by atoms with Gasteiger partial charge in [-0.3, -0.25) is 0 Å². The number of rotatable bonds is 4. The van der Waals surface area contributed by atoms with Crippen LogP contribution in [0.15, 0.2) is 30.0 Å².